The number of carbonyl (C=O) groups is 2. The van der Waals surface area contributed by atoms with Crippen LogP contribution in [0.15, 0.2) is 18.2 Å². The van der Waals surface area contributed by atoms with Gasteiger partial charge in [-0.25, -0.2) is 0 Å². The fourth-order valence-corrected chi connectivity index (χ4v) is 1.93. The Kier molecular flexibility index (Phi) is 5.23. The molecule has 0 aliphatic rings. The van der Waals surface area contributed by atoms with Gasteiger partial charge < -0.3 is 15.7 Å². The van der Waals surface area contributed by atoms with E-state index in [-0.39, 0.29) is 29.5 Å². The molecular weight excluding hydrogens is 278 g/mol. The van der Waals surface area contributed by atoms with Crippen LogP contribution in [0.2, 0.25) is 0 Å². The lowest BCUT2D eigenvalue weighted by molar-refractivity contribution is -0.384. The van der Waals surface area contributed by atoms with Crippen LogP contribution in [0.25, 0.3) is 0 Å². The summed E-state index contributed by atoms with van der Waals surface area (Å²) in [5.41, 5.74) is 5.21. The van der Waals surface area contributed by atoms with Gasteiger partial charge in [0.25, 0.3) is 11.6 Å². The maximum absolute atomic E-state index is 11.5. The van der Waals surface area contributed by atoms with Crippen molar-refractivity contribution in [1.82, 2.24) is 0 Å². The summed E-state index contributed by atoms with van der Waals surface area (Å²) in [6.45, 7) is 3.34. The number of non-ortho nitro benzene ring substituents is 1. The topological polar surface area (TPSA) is 127 Å². The number of nitrogens with two attached hydrogens (primary N) is 1. The number of carbonyl (C=O) groups excluding carboxylic acids is 1. The second-order valence-corrected chi connectivity index (χ2v) is 4.60. The molecule has 1 amide bonds. The minimum atomic E-state index is -1.07. The summed E-state index contributed by atoms with van der Waals surface area (Å²) in [4.78, 5) is 34.1. The maximum Gasteiger partial charge on any atom is 0.323 e. The maximum atomic E-state index is 11.5. The number of benzene rings is 1. The van der Waals surface area contributed by atoms with E-state index in [1.807, 2.05) is 6.92 Å². The van der Waals surface area contributed by atoms with E-state index < -0.39 is 16.8 Å². The highest BCUT2D eigenvalue weighted by molar-refractivity contribution is 6.00. The number of nitro benzene ring substituents is 1. The summed E-state index contributed by atoms with van der Waals surface area (Å²) in [5, 5.41) is 19.8. The number of rotatable bonds is 7. The number of amides is 1. The van der Waals surface area contributed by atoms with Crippen LogP contribution in [0.3, 0.4) is 0 Å². The molecule has 1 aromatic rings. The van der Waals surface area contributed by atoms with Gasteiger partial charge in [0.2, 0.25) is 0 Å². The van der Waals surface area contributed by atoms with Crippen LogP contribution >= 0.6 is 0 Å². The molecule has 1 unspecified atom stereocenters. The third-order valence-electron chi connectivity index (χ3n) is 3.19. The standard InChI is InChI=1S/C13H17N3O5/c1-3-8(2)15(7-12(17)18)11-5-4-9(16(20)21)6-10(11)13(14)19/h4-6,8H,3,7H2,1-2H3,(H2,14,19)(H,17,18). The molecule has 1 aromatic carbocycles. The SMILES string of the molecule is CCC(C)N(CC(=O)O)c1ccc([N+](=O)[O-])cc1C(N)=O. The first kappa shape index (κ1) is 16.4. The Morgan fingerprint density at radius 3 is 2.52 bits per heavy atom. The van der Waals surface area contributed by atoms with Crippen LogP contribution in [-0.2, 0) is 4.79 Å². The van der Waals surface area contributed by atoms with E-state index in [0.717, 1.165) is 6.07 Å². The van der Waals surface area contributed by atoms with Crippen molar-refractivity contribution < 1.29 is 19.6 Å². The quantitative estimate of drug-likeness (QED) is 0.578. The molecule has 3 N–H and O–H groups in total. The third kappa shape index (κ3) is 3.91. The van der Waals surface area contributed by atoms with Crippen LogP contribution in [0, 0.1) is 10.1 Å². The van der Waals surface area contributed by atoms with Crippen LogP contribution in [-0.4, -0.2) is 34.5 Å². The molecule has 1 atom stereocenters. The van der Waals surface area contributed by atoms with Crippen molar-refractivity contribution in [3.05, 3.63) is 33.9 Å². The summed E-state index contributed by atoms with van der Waals surface area (Å²) in [6, 6.07) is 3.47. The molecule has 0 fully saturated rings. The van der Waals surface area contributed by atoms with Crippen LogP contribution in [0.1, 0.15) is 30.6 Å². The van der Waals surface area contributed by atoms with E-state index in [2.05, 4.69) is 0 Å². The molecular formula is C13H17N3O5. The van der Waals surface area contributed by atoms with Crippen molar-refractivity contribution in [2.45, 2.75) is 26.3 Å². The van der Waals surface area contributed by atoms with E-state index in [9.17, 15) is 19.7 Å². The van der Waals surface area contributed by atoms with E-state index in [0.29, 0.717) is 6.42 Å². The van der Waals surface area contributed by atoms with Gasteiger partial charge in [0, 0.05) is 18.2 Å². The first-order valence-corrected chi connectivity index (χ1v) is 6.34. The Bertz CT molecular complexity index is 573. The molecule has 21 heavy (non-hydrogen) atoms. The van der Waals surface area contributed by atoms with Crippen molar-refractivity contribution in [2.75, 3.05) is 11.4 Å². The van der Waals surface area contributed by atoms with E-state index in [4.69, 9.17) is 10.8 Å². The number of primary amides is 1. The normalized spacial score (nSPS) is 11.7. The predicted octanol–water partition coefficient (Wildman–Crippen LogP) is 1.38. The number of nitro groups is 1. The third-order valence-corrected chi connectivity index (χ3v) is 3.19. The second-order valence-electron chi connectivity index (χ2n) is 4.60. The summed E-state index contributed by atoms with van der Waals surface area (Å²) in [6.07, 6.45) is 0.641. The van der Waals surface area contributed by atoms with Gasteiger partial charge in [0.15, 0.2) is 0 Å². The fraction of sp³-hybridized carbons (Fsp3) is 0.385. The van der Waals surface area contributed by atoms with Gasteiger partial charge in [-0.15, -0.1) is 0 Å². The van der Waals surface area contributed by atoms with Crippen molar-refractivity contribution in [2.24, 2.45) is 5.73 Å². The molecule has 8 nitrogen and oxygen atoms in total. The lowest BCUT2D eigenvalue weighted by atomic mass is 10.1. The van der Waals surface area contributed by atoms with Gasteiger partial charge in [0.05, 0.1) is 16.2 Å². The molecule has 1 rings (SSSR count). The number of carboxylic acid groups (broad SMARTS) is 1. The van der Waals surface area contributed by atoms with Crippen molar-refractivity contribution >= 4 is 23.3 Å². The summed E-state index contributed by atoms with van der Waals surface area (Å²) < 4.78 is 0. The van der Waals surface area contributed by atoms with Gasteiger partial charge in [0.1, 0.15) is 6.54 Å². The van der Waals surface area contributed by atoms with E-state index >= 15 is 0 Å². The highest BCUT2D eigenvalue weighted by Gasteiger charge is 2.23. The molecule has 0 aliphatic carbocycles. The first-order valence-electron chi connectivity index (χ1n) is 6.34. The number of aliphatic carboxylic acids is 1. The minimum Gasteiger partial charge on any atom is -0.480 e. The van der Waals surface area contributed by atoms with Crippen molar-refractivity contribution in [1.29, 1.82) is 0 Å². The zero-order chi connectivity index (χ0) is 16.2. The Morgan fingerprint density at radius 1 is 1.48 bits per heavy atom. The molecule has 8 heteroatoms. The Labute approximate surface area is 121 Å². The van der Waals surface area contributed by atoms with E-state index in [1.54, 1.807) is 6.92 Å². The highest BCUT2D eigenvalue weighted by atomic mass is 16.6. The number of hydrogen-bond donors (Lipinski definition) is 2. The van der Waals surface area contributed by atoms with Crippen molar-refractivity contribution in [3.8, 4) is 0 Å². The van der Waals surface area contributed by atoms with Crippen molar-refractivity contribution in [3.63, 3.8) is 0 Å². The van der Waals surface area contributed by atoms with Gasteiger partial charge in [-0.1, -0.05) is 6.92 Å². The van der Waals surface area contributed by atoms with Gasteiger partial charge in [-0.3, -0.25) is 19.7 Å². The lowest BCUT2D eigenvalue weighted by Crippen LogP contribution is -2.38. The van der Waals surface area contributed by atoms with Crippen LogP contribution < -0.4 is 10.6 Å². The monoisotopic (exact) mass is 295 g/mol. The fourth-order valence-electron chi connectivity index (χ4n) is 1.93. The van der Waals surface area contributed by atoms with Gasteiger partial charge in [-0.05, 0) is 19.4 Å². The second kappa shape index (κ2) is 6.69. The molecule has 0 aromatic heterocycles. The molecule has 0 heterocycles. The minimum absolute atomic E-state index is 0.0641. The zero-order valence-electron chi connectivity index (χ0n) is 11.8. The summed E-state index contributed by atoms with van der Waals surface area (Å²) in [5.74, 6) is -1.91. The molecule has 0 saturated carbocycles. The zero-order valence-corrected chi connectivity index (χ0v) is 11.8. The molecule has 0 aliphatic heterocycles. The molecule has 0 radical (unpaired) electrons. The van der Waals surface area contributed by atoms with Gasteiger partial charge in [-0.2, -0.15) is 0 Å². The number of hydrogen-bond acceptors (Lipinski definition) is 5. The average Bonchev–Trinajstić information content (AvgIpc) is 2.42. The molecule has 114 valence electrons. The molecule has 0 bridgehead atoms. The largest absolute Gasteiger partial charge is 0.480 e. The smallest absolute Gasteiger partial charge is 0.323 e. The van der Waals surface area contributed by atoms with Crippen LogP contribution in [0.4, 0.5) is 11.4 Å². The number of nitrogens with zero attached hydrogens (tertiary/aromatic N) is 2. The summed E-state index contributed by atoms with van der Waals surface area (Å²) in [7, 11) is 0. The highest BCUT2D eigenvalue weighted by Crippen LogP contribution is 2.27. The molecule has 0 saturated heterocycles. The van der Waals surface area contributed by atoms with Gasteiger partial charge >= 0.3 is 5.97 Å². The van der Waals surface area contributed by atoms with Crippen LogP contribution in [0.5, 0.6) is 0 Å². The Morgan fingerprint density at radius 2 is 2.10 bits per heavy atom. The van der Waals surface area contributed by atoms with E-state index in [1.165, 1.54) is 17.0 Å². The predicted molar refractivity (Wildman–Crippen MR) is 76.3 cm³/mol. The Balaban J connectivity index is 3.39. The first-order chi connectivity index (χ1) is 9.77. The molecule has 0 spiro atoms. The lowest BCUT2D eigenvalue weighted by Gasteiger charge is -2.30. The number of anilines is 1. The Hall–Kier alpha value is -2.64. The average molecular weight is 295 g/mol. The summed E-state index contributed by atoms with van der Waals surface area (Å²) >= 11 is 0. The number of carboxylic acids is 1.